The molecule has 0 aromatic carbocycles. The van der Waals surface area contributed by atoms with Gasteiger partial charge in [0.05, 0.1) is 0 Å². The van der Waals surface area contributed by atoms with E-state index in [1.165, 1.54) is 64.2 Å². The minimum Gasteiger partial charge on any atom is -0.341 e. The zero-order chi connectivity index (χ0) is 18.7. The van der Waals surface area contributed by atoms with Crippen LogP contribution in [0.15, 0.2) is 6.33 Å². The maximum atomic E-state index is 13.1. The molecule has 1 aromatic heterocycles. The molecule has 1 atom stereocenters. The zero-order valence-electron chi connectivity index (χ0n) is 17.0. The fourth-order valence-electron chi connectivity index (χ4n) is 5.99. The van der Waals surface area contributed by atoms with Crippen molar-refractivity contribution in [3.63, 3.8) is 0 Å². The first-order chi connectivity index (χ1) is 13.2. The van der Waals surface area contributed by atoms with Crippen LogP contribution in [0.5, 0.6) is 0 Å². The van der Waals surface area contributed by atoms with Crippen LogP contribution in [0, 0.1) is 11.3 Å². The molecule has 3 aliphatic rings. The van der Waals surface area contributed by atoms with Gasteiger partial charge in [0.1, 0.15) is 12.2 Å². The number of hydrogen-bond donors (Lipinski definition) is 0. The van der Waals surface area contributed by atoms with Crippen molar-refractivity contribution in [2.24, 2.45) is 11.3 Å². The molecule has 2 aliphatic carbocycles. The molecule has 1 unspecified atom stereocenters. The molecule has 3 fully saturated rings. The molecule has 1 spiro atoms. The van der Waals surface area contributed by atoms with E-state index in [1.807, 2.05) is 6.33 Å². The van der Waals surface area contributed by atoms with Crippen molar-refractivity contribution < 1.29 is 4.79 Å². The van der Waals surface area contributed by atoms with Crippen LogP contribution in [0.2, 0.25) is 0 Å². The molecule has 1 aromatic rings. The summed E-state index contributed by atoms with van der Waals surface area (Å²) in [5.74, 6) is 2.51. The summed E-state index contributed by atoms with van der Waals surface area (Å²) in [6, 6.07) is 0. The summed E-state index contributed by atoms with van der Waals surface area (Å²) in [6.07, 6.45) is 16.6. The average Bonchev–Trinajstić information content (AvgIpc) is 3.28. The minimum atomic E-state index is 0.235. The third-order valence-corrected chi connectivity index (χ3v) is 7.46. The zero-order valence-corrected chi connectivity index (χ0v) is 17.0. The summed E-state index contributed by atoms with van der Waals surface area (Å²) in [7, 11) is 0. The Labute approximate surface area is 163 Å². The van der Waals surface area contributed by atoms with Crippen LogP contribution in [0.3, 0.4) is 0 Å². The van der Waals surface area contributed by atoms with Crippen LogP contribution >= 0.6 is 0 Å². The van der Waals surface area contributed by atoms with Gasteiger partial charge in [-0.2, -0.15) is 0 Å². The quantitative estimate of drug-likeness (QED) is 0.763. The predicted octanol–water partition coefficient (Wildman–Crippen LogP) is 4.53. The molecule has 0 N–H and O–H groups in total. The molecule has 1 aliphatic heterocycles. The molecular weight excluding hydrogens is 336 g/mol. The lowest BCUT2D eigenvalue weighted by Gasteiger charge is -2.37. The monoisotopic (exact) mass is 372 g/mol. The second-order valence-corrected chi connectivity index (χ2v) is 9.34. The number of aromatic nitrogens is 3. The van der Waals surface area contributed by atoms with Crippen molar-refractivity contribution in [1.82, 2.24) is 19.7 Å². The van der Waals surface area contributed by atoms with Crippen LogP contribution in [-0.2, 0) is 11.3 Å². The molecule has 5 heteroatoms. The topological polar surface area (TPSA) is 51.0 Å². The second-order valence-electron chi connectivity index (χ2n) is 9.34. The molecule has 2 heterocycles. The Kier molecular flexibility index (Phi) is 5.84. The van der Waals surface area contributed by atoms with E-state index < -0.39 is 0 Å². The molecular formula is C22H36N4O. The van der Waals surface area contributed by atoms with Gasteiger partial charge in [0.15, 0.2) is 0 Å². The normalized spacial score (nSPS) is 26.0. The fraction of sp³-hybridized carbons (Fsp3) is 0.864. The Balaban J connectivity index is 1.52. The molecule has 0 radical (unpaired) electrons. The molecule has 4 rings (SSSR count). The number of carbonyl (C=O) groups is 1. The number of aryl methyl sites for hydroxylation is 1. The Morgan fingerprint density at radius 3 is 2.63 bits per heavy atom. The number of amides is 1. The molecule has 5 nitrogen and oxygen atoms in total. The van der Waals surface area contributed by atoms with Crippen LogP contribution in [0.1, 0.15) is 95.7 Å². The van der Waals surface area contributed by atoms with Crippen molar-refractivity contribution in [3.05, 3.63) is 12.2 Å². The van der Waals surface area contributed by atoms with Crippen molar-refractivity contribution in [2.45, 2.75) is 96.4 Å². The first-order valence-corrected chi connectivity index (χ1v) is 11.4. The van der Waals surface area contributed by atoms with Gasteiger partial charge in [-0.3, -0.25) is 4.79 Å². The standard InChI is InChI=1S/C22H36N4O/c1-2-13-25-17-23-24-21(25)19-15-26(16-22(19)11-7-4-8-12-22)20(27)14-18-9-5-3-6-10-18/h17-19H,2-16H2,1H3. The molecule has 1 saturated heterocycles. The third kappa shape index (κ3) is 3.93. The second kappa shape index (κ2) is 8.32. The van der Waals surface area contributed by atoms with Gasteiger partial charge in [-0.15, -0.1) is 10.2 Å². The van der Waals surface area contributed by atoms with E-state index in [1.54, 1.807) is 0 Å². The summed E-state index contributed by atoms with van der Waals surface area (Å²) < 4.78 is 2.25. The highest BCUT2D eigenvalue weighted by atomic mass is 16.2. The Morgan fingerprint density at radius 1 is 1.15 bits per heavy atom. The van der Waals surface area contributed by atoms with Gasteiger partial charge in [0, 0.05) is 32.0 Å². The summed E-state index contributed by atoms with van der Waals surface area (Å²) in [6.45, 7) is 4.98. The van der Waals surface area contributed by atoms with E-state index >= 15 is 0 Å². The lowest BCUT2D eigenvalue weighted by Crippen LogP contribution is -2.35. The predicted molar refractivity (Wildman–Crippen MR) is 106 cm³/mol. The van der Waals surface area contributed by atoms with Crippen molar-refractivity contribution in [1.29, 1.82) is 0 Å². The summed E-state index contributed by atoms with van der Waals surface area (Å²) in [5, 5.41) is 8.79. The number of hydrogen-bond acceptors (Lipinski definition) is 3. The maximum absolute atomic E-state index is 13.1. The Morgan fingerprint density at radius 2 is 1.89 bits per heavy atom. The van der Waals surface area contributed by atoms with E-state index in [2.05, 4.69) is 26.6 Å². The van der Waals surface area contributed by atoms with E-state index in [-0.39, 0.29) is 5.41 Å². The molecule has 27 heavy (non-hydrogen) atoms. The fourth-order valence-corrected chi connectivity index (χ4v) is 5.99. The average molecular weight is 373 g/mol. The first kappa shape index (κ1) is 18.9. The van der Waals surface area contributed by atoms with E-state index in [0.717, 1.165) is 38.3 Å². The van der Waals surface area contributed by atoms with Gasteiger partial charge in [-0.25, -0.2) is 0 Å². The van der Waals surface area contributed by atoms with Crippen LogP contribution in [0.4, 0.5) is 0 Å². The van der Waals surface area contributed by atoms with Gasteiger partial charge in [-0.1, -0.05) is 45.4 Å². The summed E-state index contributed by atoms with van der Waals surface area (Å²) in [5.41, 5.74) is 0.235. The van der Waals surface area contributed by atoms with Gasteiger partial charge in [-0.05, 0) is 43.4 Å². The van der Waals surface area contributed by atoms with Gasteiger partial charge >= 0.3 is 0 Å². The molecule has 0 bridgehead atoms. The lowest BCUT2D eigenvalue weighted by atomic mass is 9.67. The molecule has 1 amide bonds. The van der Waals surface area contributed by atoms with Crippen LogP contribution in [0.25, 0.3) is 0 Å². The van der Waals surface area contributed by atoms with Crippen molar-refractivity contribution in [3.8, 4) is 0 Å². The smallest absolute Gasteiger partial charge is 0.222 e. The SMILES string of the molecule is CCCn1cnnc1C1CN(C(=O)CC2CCCCC2)CC12CCCCC2. The largest absolute Gasteiger partial charge is 0.341 e. The van der Waals surface area contributed by atoms with Gasteiger partial charge in [0.25, 0.3) is 0 Å². The molecule has 2 saturated carbocycles. The number of nitrogens with zero attached hydrogens (tertiary/aromatic N) is 4. The highest BCUT2D eigenvalue weighted by Crippen LogP contribution is 2.51. The Hall–Kier alpha value is -1.39. The van der Waals surface area contributed by atoms with Gasteiger partial charge < -0.3 is 9.47 Å². The lowest BCUT2D eigenvalue weighted by molar-refractivity contribution is -0.131. The third-order valence-electron chi connectivity index (χ3n) is 7.46. The first-order valence-electron chi connectivity index (χ1n) is 11.4. The van der Waals surface area contributed by atoms with E-state index in [4.69, 9.17) is 0 Å². The Bertz CT molecular complexity index is 628. The minimum absolute atomic E-state index is 0.235. The van der Waals surface area contributed by atoms with E-state index in [0.29, 0.717) is 17.7 Å². The van der Waals surface area contributed by atoms with Gasteiger partial charge in [0.2, 0.25) is 5.91 Å². The number of rotatable bonds is 5. The van der Waals surface area contributed by atoms with E-state index in [9.17, 15) is 4.79 Å². The maximum Gasteiger partial charge on any atom is 0.222 e. The number of likely N-dealkylation sites (tertiary alicyclic amines) is 1. The highest BCUT2D eigenvalue weighted by molar-refractivity contribution is 5.77. The number of carbonyl (C=O) groups excluding carboxylic acids is 1. The van der Waals surface area contributed by atoms with Crippen LogP contribution in [-0.4, -0.2) is 38.7 Å². The summed E-state index contributed by atoms with van der Waals surface area (Å²) >= 11 is 0. The summed E-state index contributed by atoms with van der Waals surface area (Å²) in [4.78, 5) is 15.4. The van der Waals surface area contributed by atoms with Crippen molar-refractivity contribution >= 4 is 5.91 Å². The molecule has 150 valence electrons. The van der Waals surface area contributed by atoms with Crippen LogP contribution < -0.4 is 0 Å². The highest BCUT2D eigenvalue weighted by Gasteiger charge is 2.50. The van der Waals surface area contributed by atoms with Crippen molar-refractivity contribution in [2.75, 3.05) is 13.1 Å².